The Morgan fingerprint density at radius 2 is 1.67 bits per heavy atom. The van der Waals surface area contributed by atoms with Gasteiger partial charge in [-0.05, 0) is 55.3 Å². The normalized spacial score (nSPS) is 19.1. The topological polar surface area (TPSA) is 67.9 Å². The molecule has 0 saturated carbocycles. The highest BCUT2D eigenvalue weighted by molar-refractivity contribution is 6.07. The summed E-state index contributed by atoms with van der Waals surface area (Å²) in [5.41, 5.74) is -0.652. The van der Waals surface area contributed by atoms with E-state index in [4.69, 9.17) is 9.47 Å². The van der Waals surface area contributed by atoms with Crippen LogP contribution in [0.5, 0.6) is 11.5 Å². The van der Waals surface area contributed by atoms with E-state index < -0.39 is 17.4 Å². The fourth-order valence-electron chi connectivity index (χ4n) is 2.96. The number of nitrogens with zero attached hydrogens (tertiary/aromatic N) is 1. The van der Waals surface area contributed by atoms with E-state index in [1.54, 1.807) is 38.3 Å². The van der Waals surface area contributed by atoms with Gasteiger partial charge >= 0.3 is 6.03 Å². The lowest BCUT2D eigenvalue weighted by atomic mass is 9.92. The quantitative estimate of drug-likeness (QED) is 0.599. The van der Waals surface area contributed by atoms with Crippen LogP contribution >= 0.6 is 0 Å². The van der Waals surface area contributed by atoms with Crippen molar-refractivity contribution < 1.29 is 23.5 Å². The van der Waals surface area contributed by atoms with Crippen LogP contribution in [0.4, 0.5) is 9.18 Å². The summed E-state index contributed by atoms with van der Waals surface area (Å²) in [5.74, 6) is 0.668. The van der Waals surface area contributed by atoms with E-state index in [-0.39, 0.29) is 12.5 Å². The maximum Gasteiger partial charge on any atom is 0.325 e. The molecule has 1 fully saturated rings. The maximum absolute atomic E-state index is 13.1. The highest BCUT2D eigenvalue weighted by atomic mass is 19.1. The van der Waals surface area contributed by atoms with Crippen LogP contribution in [0, 0.1) is 5.82 Å². The van der Waals surface area contributed by atoms with Crippen molar-refractivity contribution in [2.75, 3.05) is 20.3 Å². The minimum absolute atomic E-state index is 0.234. The molecule has 1 unspecified atom stereocenters. The number of carbonyl (C=O) groups excluding carboxylic acids is 2. The molecule has 2 aromatic carbocycles. The molecule has 2 aromatic rings. The Morgan fingerprint density at radius 3 is 2.30 bits per heavy atom. The molecular weight excluding hydrogens is 351 g/mol. The largest absolute Gasteiger partial charge is 0.497 e. The first-order valence-corrected chi connectivity index (χ1v) is 8.61. The molecular formula is C20H21FN2O4. The van der Waals surface area contributed by atoms with Crippen LogP contribution in [-0.4, -0.2) is 37.1 Å². The third-order valence-electron chi connectivity index (χ3n) is 4.55. The Balaban J connectivity index is 1.56. The van der Waals surface area contributed by atoms with Gasteiger partial charge in [-0.1, -0.05) is 12.1 Å². The van der Waals surface area contributed by atoms with Crippen LogP contribution in [0.2, 0.25) is 0 Å². The summed E-state index contributed by atoms with van der Waals surface area (Å²) >= 11 is 0. The Bertz CT molecular complexity index is 823. The molecule has 7 heteroatoms. The number of hydrogen-bond donors (Lipinski definition) is 1. The number of methoxy groups -OCH3 is 1. The molecule has 1 saturated heterocycles. The Hall–Kier alpha value is -3.09. The predicted molar refractivity (Wildman–Crippen MR) is 97.1 cm³/mol. The number of imide groups is 1. The van der Waals surface area contributed by atoms with E-state index in [1.165, 1.54) is 29.2 Å². The summed E-state index contributed by atoms with van der Waals surface area (Å²) in [6.07, 6.45) is 0.491. The Labute approximate surface area is 156 Å². The number of benzene rings is 2. The predicted octanol–water partition coefficient (Wildman–Crippen LogP) is 3.07. The van der Waals surface area contributed by atoms with Crippen molar-refractivity contribution in [1.82, 2.24) is 10.2 Å². The highest BCUT2D eigenvalue weighted by Crippen LogP contribution is 2.29. The van der Waals surface area contributed by atoms with Crippen LogP contribution in [0.15, 0.2) is 48.5 Å². The van der Waals surface area contributed by atoms with Crippen molar-refractivity contribution in [3.05, 3.63) is 59.9 Å². The number of rotatable bonds is 7. The molecule has 1 heterocycles. The van der Waals surface area contributed by atoms with E-state index in [0.29, 0.717) is 24.3 Å². The van der Waals surface area contributed by atoms with Crippen LogP contribution in [-0.2, 0) is 10.3 Å². The summed E-state index contributed by atoms with van der Waals surface area (Å²) in [7, 11) is 1.59. The smallest absolute Gasteiger partial charge is 0.325 e. The number of urea groups is 1. The molecule has 1 aliphatic rings. The second kappa shape index (κ2) is 7.65. The number of carbonyl (C=O) groups is 2. The number of nitrogens with one attached hydrogen (secondary N) is 1. The van der Waals surface area contributed by atoms with Gasteiger partial charge in [0.2, 0.25) is 0 Å². The molecule has 0 spiro atoms. The number of hydrogen-bond acceptors (Lipinski definition) is 4. The summed E-state index contributed by atoms with van der Waals surface area (Å²) < 4.78 is 23.8. The second-order valence-electron chi connectivity index (χ2n) is 6.40. The lowest BCUT2D eigenvalue weighted by Crippen LogP contribution is -2.41. The summed E-state index contributed by atoms with van der Waals surface area (Å²) in [5, 5.41) is 2.70. The van der Waals surface area contributed by atoms with Gasteiger partial charge in [0.15, 0.2) is 0 Å². The molecule has 1 atom stereocenters. The number of amides is 3. The Kier molecular flexibility index (Phi) is 5.30. The molecule has 3 amide bonds. The first-order chi connectivity index (χ1) is 12.9. The second-order valence-corrected chi connectivity index (χ2v) is 6.40. The van der Waals surface area contributed by atoms with Gasteiger partial charge in [0.25, 0.3) is 5.91 Å². The van der Waals surface area contributed by atoms with Crippen LogP contribution < -0.4 is 14.8 Å². The number of ether oxygens (including phenoxy) is 2. The highest BCUT2D eigenvalue weighted by Gasteiger charge is 2.48. The third kappa shape index (κ3) is 3.86. The first kappa shape index (κ1) is 18.7. The van der Waals surface area contributed by atoms with Gasteiger partial charge in [-0.3, -0.25) is 9.69 Å². The fraction of sp³-hybridized carbons (Fsp3) is 0.300. The molecule has 0 aromatic heterocycles. The summed E-state index contributed by atoms with van der Waals surface area (Å²) in [6.45, 7) is 2.21. The van der Waals surface area contributed by atoms with Crippen molar-refractivity contribution in [2.24, 2.45) is 0 Å². The van der Waals surface area contributed by atoms with E-state index in [0.717, 1.165) is 5.75 Å². The van der Waals surface area contributed by atoms with Crippen LogP contribution in [0.1, 0.15) is 18.9 Å². The van der Waals surface area contributed by atoms with Crippen molar-refractivity contribution in [2.45, 2.75) is 18.9 Å². The van der Waals surface area contributed by atoms with Gasteiger partial charge in [-0.25, -0.2) is 9.18 Å². The zero-order chi connectivity index (χ0) is 19.4. The van der Waals surface area contributed by atoms with Crippen molar-refractivity contribution in [1.29, 1.82) is 0 Å². The summed E-state index contributed by atoms with van der Waals surface area (Å²) in [6, 6.07) is 12.2. The van der Waals surface area contributed by atoms with Gasteiger partial charge in [-0.2, -0.15) is 0 Å². The van der Waals surface area contributed by atoms with Gasteiger partial charge in [0.05, 0.1) is 13.7 Å². The van der Waals surface area contributed by atoms with Gasteiger partial charge in [-0.15, -0.1) is 0 Å². The first-order valence-electron chi connectivity index (χ1n) is 8.61. The van der Waals surface area contributed by atoms with Crippen LogP contribution in [0.3, 0.4) is 0 Å². The van der Waals surface area contributed by atoms with E-state index in [1.807, 2.05) is 0 Å². The molecule has 0 bridgehead atoms. The SMILES string of the molecule is COc1ccc(OCCCN2C(=O)NC(C)(c3ccc(F)cc3)C2=O)cc1. The third-order valence-corrected chi connectivity index (χ3v) is 4.55. The average molecular weight is 372 g/mol. The van der Waals surface area contributed by atoms with Crippen molar-refractivity contribution in [3.63, 3.8) is 0 Å². The lowest BCUT2D eigenvalue weighted by molar-refractivity contribution is -0.131. The fourth-order valence-corrected chi connectivity index (χ4v) is 2.96. The van der Waals surface area contributed by atoms with Crippen molar-refractivity contribution >= 4 is 11.9 Å². The van der Waals surface area contributed by atoms with Crippen LogP contribution in [0.25, 0.3) is 0 Å². The molecule has 1 aliphatic heterocycles. The summed E-state index contributed by atoms with van der Waals surface area (Å²) in [4.78, 5) is 26.2. The van der Waals surface area contributed by atoms with Crippen molar-refractivity contribution in [3.8, 4) is 11.5 Å². The minimum atomic E-state index is -1.19. The zero-order valence-corrected chi connectivity index (χ0v) is 15.2. The molecule has 0 radical (unpaired) electrons. The standard InChI is InChI=1S/C20H21FN2O4/c1-20(14-4-6-15(21)7-5-14)18(24)23(19(25)22-20)12-3-13-27-17-10-8-16(26-2)9-11-17/h4-11H,3,12-13H2,1-2H3,(H,22,25). The molecule has 142 valence electrons. The molecule has 1 N–H and O–H groups in total. The lowest BCUT2D eigenvalue weighted by Gasteiger charge is -2.22. The molecule has 0 aliphatic carbocycles. The molecule has 6 nitrogen and oxygen atoms in total. The van der Waals surface area contributed by atoms with Gasteiger partial charge < -0.3 is 14.8 Å². The molecule has 27 heavy (non-hydrogen) atoms. The monoisotopic (exact) mass is 372 g/mol. The zero-order valence-electron chi connectivity index (χ0n) is 15.2. The minimum Gasteiger partial charge on any atom is -0.497 e. The van der Waals surface area contributed by atoms with Gasteiger partial charge in [0.1, 0.15) is 22.9 Å². The molecule has 3 rings (SSSR count). The Morgan fingerprint density at radius 1 is 1.04 bits per heavy atom. The van der Waals surface area contributed by atoms with E-state index >= 15 is 0 Å². The van der Waals surface area contributed by atoms with Gasteiger partial charge in [0, 0.05) is 6.54 Å². The average Bonchev–Trinajstić information content (AvgIpc) is 2.89. The van der Waals surface area contributed by atoms with E-state index in [9.17, 15) is 14.0 Å². The maximum atomic E-state index is 13.1. The number of halogens is 1. The van der Waals surface area contributed by atoms with E-state index in [2.05, 4.69) is 5.32 Å².